The molecular weight excluding hydrogens is 260 g/mol. The number of rotatable bonds is 4. The van der Waals surface area contributed by atoms with Crippen LogP contribution in [0.25, 0.3) is 0 Å². The minimum Gasteiger partial charge on any atom is -0.504 e. The van der Waals surface area contributed by atoms with E-state index in [4.69, 9.17) is 0 Å². The smallest absolute Gasteiger partial charge is 0.274 e. The third-order valence-electron chi connectivity index (χ3n) is 2.94. The van der Waals surface area contributed by atoms with Crippen molar-refractivity contribution in [3.63, 3.8) is 0 Å². The van der Waals surface area contributed by atoms with E-state index in [1.165, 1.54) is 18.2 Å². The molecule has 2 rings (SSSR count). The van der Waals surface area contributed by atoms with Crippen molar-refractivity contribution in [1.82, 2.24) is 0 Å². The summed E-state index contributed by atoms with van der Waals surface area (Å²) < 4.78 is 0. The summed E-state index contributed by atoms with van der Waals surface area (Å²) in [6.07, 6.45) is 0. The second kappa shape index (κ2) is 5.48. The monoisotopic (exact) mass is 274 g/mol. The van der Waals surface area contributed by atoms with Gasteiger partial charge in [-0.1, -0.05) is 12.1 Å². The number of aryl methyl sites for hydroxylation is 1. The molecule has 104 valence electrons. The molecule has 6 nitrogen and oxygen atoms in total. The molecule has 0 aliphatic rings. The fraction of sp³-hybridized carbons (Fsp3) is 0.143. The van der Waals surface area contributed by atoms with Crippen LogP contribution in [0.3, 0.4) is 0 Å². The van der Waals surface area contributed by atoms with Crippen molar-refractivity contribution in [2.24, 2.45) is 0 Å². The lowest BCUT2D eigenvalue weighted by Gasteiger charge is -2.08. The van der Waals surface area contributed by atoms with Gasteiger partial charge < -0.3 is 15.5 Å². The van der Waals surface area contributed by atoms with Crippen LogP contribution >= 0.6 is 0 Å². The van der Waals surface area contributed by atoms with Crippen LogP contribution in [-0.2, 0) is 6.54 Å². The van der Waals surface area contributed by atoms with Gasteiger partial charge >= 0.3 is 0 Å². The molecular formula is C14H14N2O4. The van der Waals surface area contributed by atoms with Crippen molar-refractivity contribution in [3.05, 3.63) is 57.6 Å². The Morgan fingerprint density at radius 1 is 1.15 bits per heavy atom. The predicted molar refractivity (Wildman–Crippen MR) is 74.9 cm³/mol. The van der Waals surface area contributed by atoms with Crippen LogP contribution in [0.2, 0.25) is 0 Å². The summed E-state index contributed by atoms with van der Waals surface area (Å²) in [4.78, 5) is 10.4. The highest BCUT2D eigenvalue weighted by molar-refractivity contribution is 5.55. The largest absolute Gasteiger partial charge is 0.504 e. The Balaban J connectivity index is 2.12. The summed E-state index contributed by atoms with van der Waals surface area (Å²) >= 11 is 0. The quantitative estimate of drug-likeness (QED) is 0.452. The van der Waals surface area contributed by atoms with Gasteiger partial charge in [-0.2, -0.15) is 0 Å². The van der Waals surface area contributed by atoms with E-state index >= 15 is 0 Å². The molecule has 20 heavy (non-hydrogen) atoms. The molecule has 0 unspecified atom stereocenters. The van der Waals surface area contributed by atoms with E-state index < -0.39 is 4.92 Å². The Hall–Kier alpha value is -2.76. The highest BCUT2D eigenvalue weighted by atomic mass is 16.6. The molecule has 0 saturated heterocycles. The van der Waals surface area contributed by atoms with Gasteiger partial charge in [-0.05, 0) is 30.7 Å². The summed E-state index contributed by atoms with van der Waals surface area (Å²) in [7, 11) is 0. The highest BCUT2D eigenvalue weighted by Crippen LogP contribution is 2.26. The molecule has 0 saturated carbocycles. The number of nitro groups is 1. The SMILES string of the molecule is Cc1ccc(NCc2ccc(O)c(O)c2)cc1[N+](=O)[O-]. The highest BCUT2D eigenvalue weighted by Gasteiger charge is 2.10. The average Bonchev–Trinajstić information content (AvgIpc) is 2.41. The number of hydrogen-bond acceptors (Lipinski definition) is 5. The zero-order valence-corrected chi connectivity index (χ0v) is 10.8. The molecule has 6 heteroatoms. The van der Waals surface area contributed by atoms with E-state index in [2.05, 4.69) is 5.32 Å². The van der Waals surface area contributed by atoms with Crippen molar-refractivity contribution in [1.29, 1.82) is 0 Å². The first-order valence-electron chi connectivity index (χ1n) is 5.97. The van der Waals surface area contributed by atoms with Gasteiger partial charge in [0, 0.05) is 23.9 Å². The van der Waals surface area contributed by atoms with E-state index in [0.29, 0.717) is 17.8 Å². The molecule has 0 radical (unpaired) electrons. The number of phenols is 2. The van der Waals surface area contributed by atoms with Gasteiger partial charge in [-0.3, -0.25) is 10.1 Å². The summed E-state index contributed by atoms with van der Waals surface area (Å²) in [5.41, 5.74) is 2.03. The fourth-order valence-corrected chi connectivity index (χ4v) is 1.80. The topological polar surface area (TPSA) is 95.6 Å². The third kappa shape index (κ3) is 2.97. The molecule has 0 aliphatic carbocycles. The Bertz CT molecular complexity index is 656. The van der Waals surface area contributed by atoms with Gasteiger partial charge in [0.1, 0.15) is 0 Å². The maximum atomic E-state index is 10.8. The van der Waals surface area contributed by atoms with Crippen LogP contribution in [0.1, 0.15) is 11.1 Å². The lowest BCUT2D eigenvalue weighted by atomic mass is 10.1. The number of phenolic OH excluding ortho intramolecular Hbond substituents is 2. The molecule has 0 fully saturated rings. The minimum atomic E-state index is -0.424. The molecule has 0 atom stereocenters. The summed E-state index contributed by atoms with van der Waals surface area (Å²) in [5.74, 6) is -0.376. The molecule has 3 N–H and O–H groups in total. The van der Waals surface area contributed by atoms with Crippen LogP contribution in [-0.4, -0.2) is 15.1 Å². The molecule has 0 spiro atoms. The summed E-state index contributed by atoms with van der Waals surface area (Å²) in [6.45, 7) is 2.06. The third-order valence-corrected chi connectivity index (χ3v) is 2.94. The number of anilines is 1. The van der Waals surface area contributed by atoms with Crippen LogP contribution in [0.15, 0.2) is 36.4 Å². The maximum absolute atomic E-state index is 10.8. The van der Waals surface area contributed by atoms with E-state index in [-0.39, 0.29) is 17.2 Å². The number of nitro benzene ring substituents is 1. The van der Waals surface area contributed by atoms with Crippen LogP contribution in [0.5, 0.6) is 11.5 Å². The number of aromatic hydroxyl groups is 2. The fourth-order valence-electron chi connectivity index (χ4n) is 1.80. The van der Waals surface area contributed by atoms with E-state index in [0.717, 1.165) is 5.56 Å². The Kier molecular flexibility index (Phi) is 3.74. The Morgan fingerprint density at radius 2 is 1.90 bits per heavy atom. The van der Waals surface area contributed by atoms with Crippen molar-refractivity contribution in [2.45, 2.75) is 13.5 Å². The van der Waals surface area contributed by atoms with Crippen LogP contribution in [0, 0.1) is 17.0 Å². The zero-order chi connectivity index (χ0) is 14.7. The van der Waals surface area contributed by atoms with Crippen molar-refractivity contribution in [3.8, 4) is 11.5 Å². The summed E-state index contributed by atoms with van der Waals surface area (Å²) in [5, 5.41) is 32.5. The van der Waals surface area contributed by atoms with Crippen molar-refractivity contribution >= 4 is 11.4 Å². The first-order valence-corrected chi connectivity index (χ1v) is 5.97. The first kappa shape index (κ1) is 13.7. The van der Waals surface area contributed by atoms with Crippen molar-refractivity contribution < 1.29 is 15.1 Å². The molecule has 0 aliphatic heterocycles. The van der Waals surface area contributed by atoms with Gasteiger partial charge in [-0.25, -0.2) is 0 Å². The summed E-state index contributed by atoms with van der Waals surface area (Å²) in [6, 6.07) is 9.38. The van der Waals surface area contributed by atoms with Gasteiger partial charge in [-0.15, -0.1) is 0 Å². The van der Waals surface area contributed by atoms with Crippen LogP contribution < -0.4 is 5.32 Å². The normalized spacial score (nSPS) is 10.2. The minimum absolute atomic E-state index is 0.0588. The standard InChI is InChI=1S/C14H14N2O4/c1-9-2-4-11(7-12(9)16(19)20)15-8-10-3-5-13(17)14(18)6-10/h2-7,15,17-18H,8H2,1H3. The van der Waals surface area contributed by atoms with E-state index in [1.807, 2.05) is 0 Å². The first-order chi connectivity index (χ1) is 9.47. The molecule has 0 aromatic heterocycles. The van der Waals surface area contributed by atoms with Gasteiger partial charge in [0.2, 0.25) is 0 Å². The Morgan fingerprint density at radius 3 is 2.55 bits per heavy atom. The predicted octanol–water partition coefficient (Wildman–Crippen LogP) is 2.93. The Labute approximate surface area is 115 Å². The lowest BCUT2D eigenvalue weighted by molar-refractivity contribution is -0.385. The molecule has 0 amide bonds. The van der Waals surface area contributed by atoms with Gasteiger partial charge in [0.05, 0.1) is 4.92 Å². The molecule has 2 aromatic rings. The zero-order valence-electron chi connectivity index (χ0n) is 10.8. The second-order valence-corrected chi connectivity index (χ2v) is 4.43. The number of nitrogens with one attached hydrogen (secondary N) is 1. The van der Waals surface area contributed by atoms with Gasteiger partial charge in [0.25, 0.3) is 5.69 Å². The van der Waals surface area contributed by atoms with Crippen molar-refractivity contribution in [2.75, 3.05) is 5.32 Å². The lowest BCUT2D eigenvalue weighted by Crippen LogP contribution is -2.00. The van der Waals surface area contributed by atoms with E-state index in [9.17, 15) is 20.3 Å². The molecule has 0 heterocycles. The molecule has 0 bridgehead atoms. The maximum Gasteiger partial charge on any atom is 0.274 e. The van der Waals surface area contributed by atoms with E-state index in [1.54, 1.807) is 25.1 Å². The number of nitrogens with zero attached hydrogens (tertiary/aromatic N) is 1. The molecule has 2 aromatic carbocycles. The van der Waals surface area contributed by atoms with Gasteiger partial charge in [0.15, 0.2) is 11.5 Å². The number of hydrogen-bond donors (Lipinski definition) is 3. The van der Waals surface area contributed by atoms with Crippen LogP contribution in [0.4, 0.5) is 11.4 Å². The average molecular weight is 274 g/mol. The second-order valence-electron chi connectivity index (χ2n) is 4.43. The number of benzene rings is 2.